The summed E-state index contributed by atoms with van der Waals surface area (Å²) in [6.07, 6.45) is 0. The number of ketones is 1. The van der Waals surface area contributed by atoms with Crippen LogP contribution in [0.15, 0.2) is 18.2 Å². The van der Waals surface area contributed by atoms with Crippen molar-refractivity contribution in [1.29, 1.82) is 0 Å². The summed E-state index contributed by atoms with van der Waals surface area (Å²) < 4.78 is 10.9. The molecule has 0 bridgehead atoms. The number of carbonyl (C=O) groups excluding carboxylic acids is 1. The van der Waals surface area contributed by atoms with Gasteiger partial charge >= 0.3 is 0 Å². The maximum absolute atomic E-state index is 11.9. The number of ether oxygens (including phenoxy) is 2. The third kappa shape index (κ3) is 1.82. The van der Waals surface area contributed by atoms with Crippen molar-refractivity contribution in [3.8, 4) is 11.5 Å². The molecule has 0 atom stereocenters. The first-order valence-electron chi connectivity index (χ1n) is 5.13. The number of Topliss-reactive ketones (excluding diaryl/α,β-unsaturated/α-hetero) is 1. The summed E-state index contributed by atoms with van der Waals surface area (Å²) in [5.41, 5.74) is 0.627. The summed E-state index contributed by atoms with van der Waals surface area (Å²) in [6, 6.07) is 5.44. The second-order valence-electron chi connectivity index (χ2n) is 3.85. The van der Waals surface area contributed by atoms with E-state index in [1.807, 2.05) is 26.0 Å². The highest BCUT2D eigenvalue weighted by Gasteiger charge is 2.21. The number of hydrogen-bond donors (Lipinski definition) is 0. The lowest BCUT2D eigenvalue weighted by Gasteiger charge is -2.20. The minimum atomic E-state index is -0.0259. The lowest BCUT2D eigenvalue weighted by Crippen LogP contribution is -2.19. The first-order chi connectivity index (χ1) is 7.20. The van der Waals surface area contributed by atoms with E-state index >= 15 is 0 Å². The molecular formula is C12H14O3. The van der Waals surface area contributed by atoms with Crippen molar-refractivity contribution in [2.75, 3.05) is 13.2 Å². The molecule has 80 valence electrons. The zero-order valence-corrected chi connectivity index (χ0v) is 8.95. The lowest BCUT2D eigenvalue weighted by molar-refractivity contribution is 0.0928. The first-order valence-corrected chi connectivity index (χ1v) is 5.13. The highest BCUT2D eigenvalue weighted by molar-refractivity contribution is 6.00. The first kappa shape index (κ1) is 10.0. The normalized spacial score (nSPS) is 14.1. The van der Waals surface area contributed by atoms with Gasteiger partial charge in [-0.3, -0.25) is 4.79 Å². The van der Waals surface area contributed by atoms with Crippen LogP contribution in [0.2, 0.25) is 0 Å². The standard InChI is InChI=1S/C12H14O3/c1-8(2)11(13)9-4-3-5-10-12(9)15-7-6-14-10/h3-5,8H,6-7H2,1-2H3. The van der Waals surface area contributed by atoms with Crippen LogP contribution in [0.25, 0.3) is 0 Å². The fourth-order valence-corrected chi connectivity index (χ4v) is 1.58. The molecule has 0 spiro atoms. The molecule has 1 heterocycles. The molecule has 3 heteroatoms. The Balaban J connectivity index is 2.43. The molecule has 0 radical (unpaired) electrons. The second-order valence-corrected chi connectivity index (χ2v) is 3.85. The van der Waals surface area contributed by atoms with E-state index in [2.05, 4.69) is 0 Å². The Hall–Kier alpha value is -1.51. The summed E-state index contributed by atoms with van der Waals surface area (Å²) in [5.74, 6) is 1.34. The smallest absolute Gasteiger partial charge is 0.172 e. The average molecular weight is 206 g/mol. The molecule has 0 N–H and O–H groups in total. The van der Waals surface area contributed by atoms with Crippen LogP contribution in [0.5, 0.6) is 11.5 Å². The van der Waals surface area contributed by atoms with E-state index in [1.54, 1.807) is 6.07 Å². The van der Waals surface area contributed by atoms with Crippen molar-refractivity contribution in [2.45, 2.75) is 13.8 Å². The molecule has 1 aliphatic rings. The molecule has 3 nitrogen and oxygen atoms in total. The Labute approximate surface area is 89.0 Å². The molecule has 2 rings (SSSR count). The largest absolute Gasteiger partial charge is 0.486 e. The van der Waals surface area contributed by atoms with Gasteiger partial charge in [0.2, 0.25) is 0 Å². The van der Waals surface area contributed by atoms with Gasteiger partial charge in [-0.05, 0) is 12.1 Å². The molecule has 1 aromatic rings. The van der Waals surface area contributed by atoms with Gasteiger partial charge in [0, 0.05) is 5.92 Å². The fraction of sp³-hybridized carbons (Fsp3) is 0.417. The summed E-state index contributed by atoms with van der Waals surface area (Å²) in [4.78, 5) is 11.9. The molecule has 0 aliphatic carbocycles. The molecule has 1 aromatic carbocycles. The van der Waals surface area contributed by atoms with Crippen molar-refractivity contribution in [2.24, 2.45) is 5.92 Å². The topological polar surface area (TPSA) is 35.5 Å². The molecule has 15 heavy (non-hydrogen) atoms. The predicted octanol–water partition coefficient (Wildman–Crippen LogP) is 2.30. The van der Waals surface area contributed by atoms with Gasteiger partial charge < -0.3 is 9.47 Å². The zero-order valence-electron chi connectivity index (χ0n) is 8.95. The number of hydrogen-bond acceptors (Lipinski definition) is 3. The minimum Gasteiger partial charge on any atom is -0.486 e. The number of fused-ring (bicyclic) bond motifs is 1. The van der Waals surface area contributed by atoms with Gasteiger partial charge in [0.25, 0.3) is 0 Å². The van der Waals surface area contributed by atoms with E-state index in [9.17, 15) is 4.79 Å². The average Bonchev–Trinajstić information content (AvgIpc) is 2.27. The SMILES string of the molecule is CC(C)C(=O)c1cccc2c1OCCO2. The molecule has 0 aromatic heterocycles. The van der Waals surface area contributed by atoms with Gasteiger partial charge in [-0.2, -0.15) is 0 Å². The third-order valence-electron chi connectivity index (χ3n) is 2.36. The van der Waals surface area contributed by atoms with Crippen LogP contribution in [-0.2, 0) is 0 Å². The monoisotopic (exact) mass is 206 g/mol. The van der Waals surface area contributed by atoms with Crippen LogP contribution in [0, 0.1) is 5.92 Å². The van der Waals surface area contributed by atoms with Gasteiger partial charge in [-0.15, -0.1) is 0 Å². The second kappa shape index (κ2) is 3.93. The number of carbonyl (C=O) groups is 1. The van der Waals surface area contributed by atoms with Crippen LogP contribution in [0.4, 0.5) is 0 Å². The summed E-state index contributed by atoms with van der Waals surface area (Å²) >= 11 is 0. The predicted molar refractivity (Wildman–Crippen MR) is 56.6 cm³/mol. The molecule has 0 amide bonds. The highest BCUT2D eigenvalue weighted by atomic mass is 16.6. The van der Waals surface area contributed by atoms with Crippen molar-refractivity contribution < 1.29 is 14.3 Å². The number of rotatable bonds is 2. The van der Waals surface area contributed by atoms with Gasteiger partial charge in [0.05, 0.1) is 5.56 Å². The molecule has 1 aliphatic heterocycles. The number of benzene rings is 1. The highest BCUT2D eigenvalue weighted by Crippen LogP contribution is 2.34. The van der Waals surface area contributed by atoms with E-state index in [1.165, 1.54) is 0 Å². The maximum Gasteiger partial charge on any atom is 0.172 e. The molecule has 0 saturated heterocycles. The molecule has 0 fully saturated rings. The van der Waals surface area contributed by atoms with Crippen molar-refractivity contribution in [3.63, 3.8) is 0 Å². The molecular weight excluding hydrogens is 192 g/mol. The van der Waals surface area contributed by atoms with E-state index in [0.29, 0.717) is 30.3 Å². The van der Waals surface area contributed by atoms with Gasteiger partial charge in [-0.1, -0.05) is 19.9 Å². The zero-order chi connectivity index (χ0) is 10.8. The summed E-state index contributed by atoms with van der Waals surface area (Å²) in [5, 5.41) is 0. The number of para-hydroxylation sites is 1. The van der Waals surface area contributed by atoms with Crippen LogP contribution in [0.1, 0.15) is 24.2 Å². The van der Waals surface area contributed by atoms with Crippen LogP contribution in [-0.4, -0.2) is 19.0 Å². The van der Waals surface area contributed by atoms with Crippen molar-refractivity contribution in [3.05, 3.63) is 23.8 Å². The van der Waals surface area contributed by atoms with Crippen molar-refractivity contribution >= 4 is 5.78 Å². The maximum atomic E-state index is 11.9. The molecule has 0 saturated carbocycles. The Bertz CT molecular complexity index is 382. The Morgan fingerprint density at radius 1 is 1.27 bits per heavy atom. The van der Waals surface area contributed by atoms with E-state index in [4.69, 9.17) is 9.47 Å². The Kier molecular flexibility index (Phi) is 2.62. The lowest BCUT2D eigenvalue weighted by atomic mass is 10.00. The minimum absolute atomic E-state index is 0.0259. The van der Waals surface area contributed by atoms with Crippen LogP contribution >= 0.6 is 0 Å². The quantitative estimate of drug-likeness (QED) is 0.696. The summed E-state index contributed by atoms with van der Waals surface area (Å²) in [6.45, 7) is 4.82. The molecule has 0 unspecified atom stereocenters. The fourth-order valence-electron chi connectivity index (χ4n) is 1.58. The van der Waals surface area contributed by atoms with Gasteiger partial charge in [0.1, 0.15) is 13.2 Å². The van der Waals surface area contributed by atoms with E-state index in [0.717, 1.165) is 0 Å². The van der Waals surface area contributed by atoms with E-state index < -0.39 is 0 Å². The summed E-state index contributed by atoms with van der Waals surface area (Å²) in [7, 11) is 0. The van der Waals surface area contributed by atoms with Crippen molar-refractivity contribution in [1.82, 2.24) is 0 Å². The van der Waals surface area contributed by atoms with Crippen LogP contribution in [0.3, 0.4) is 0 Å². The van der Waals surface area contributed by atoms with Crippen LogP contribution < -0.4 is 9.47 Å². The van der Waals surface area contributed by atoms with Gasteiger partial charge in [0.15, 0.2) is 17.3 Å². The Morgan fingerprint density at radius 2 is 2.00 bits per heavy atom. The third-order valence-corrected chi connectivity index (χ3v) is 2.36. The van der Waals surface area contributed by atoms with Gasteiger partial charge in [-0.25, -0.2) is 0 Å². The Morgan fingerprint density at radius 3 is 2.73 bits per heavy atom. The van der Waals surface area contributed by atoms with E-state index in [-0.39, 0.29) is 11.7 Å².